The summed E-state index contributed by atoms with van der Waals surface area (Å²) in [5, 5.41) is 9.62. The molecule has 4 rings (SSSR count). The SMILES string of the molecule is O=C(O)C1c2ccccc2CCN1C(=O)C1C2CCCC21. The highest BCUT2D eigenvalue weighted by Gasteiger charge is 2.58. The Balaban J connectivity index is 1.63. The highest BCUT2D eigenvalue weighted by molar-refractivity contribution is 5.88. The zero-order valence-corrected chi connectivity index (χ0v) is 11.9. The maximum Gasteiger partial charge on any atom is 0.331 e. The van der Waals surface area contributed by atoms with Gasteiger partial charge >= 0.3 is 5.97 Å². The first-order valence-corrected chi connectivity index (χ1v) is 7.79. The number of carboxylic acids is 1. The number of benzene rings is 1. The molecule has 0 spiro atoms. The Morgan fingerprint density at radius 1 is 1.14 bits per heavy atom. The van der Waals surface area contributed by atoms with Crippen molar-refractivity contribution in [3.63, 3.8) is 0 Å². The van der Waals surface area contributed by atoms with E-state index in [9.17, 15) is 14.7 Å². The Morgan fingerprint density at radius 3 is 2.57 bits per heavy atom. The Bertz CT molecular complexity index is 602. The van der Waals surface area contributed by atoms with Crippen LogP contribution in [0.1, 0.15) is 36.4 Å². The average Bonchev–Trinajstić information content (AvgIpc) is 2.97. The largest absolute Gasteiger partial charge is 0.479 e. The second-order valence-electron chi connectivity index (χ2n) is 6.51. The van der Waals surface area contributed by atoms with E-state index in [-0.39, 0.29) is 11.8 Å². The number of amides is 1. The summed E-state index contributed by atoms with van der Waals surface area (Å²) < 4.78 is 0. The third kappa shape index (κ3) is 1.88. The number of hydrogen-bond acceptors (Lipinski definition) is 2. The Kier molecular flexibility index (Phi) is 2.81. The molecule has 3 unspecified atom stereocenters. The molecule has 3 aliphatic rings. The predicted molar refractivity (Wildman–Crippen MR) is 76.6 cm³/mol. The third-order valence-corrected chi connectivity index (χ3v) is 5.49. The zero-order valence-electron chi connectivity index (χ0n) is 11.9. The molecule has 1 N–H and O–H groups in total. The number of nitrogens with zero attached hydrogens (tertiary/aromatic N) is 1. The molecule has 2 saturated carbocycles. The number of aliphatic carboxylic acids is 1. The summed E-state index contributed by atoms with van der Waals surface area (Å²) >= 11 is 0. The van der Waals surface area contributed by atoms with E-state index < -0.39 is 12.0 Å². The molecule has 1 aromatic rings. The van der Waals surface area contributed by atoms with E-state index in [0.29, 0.717) is 18.4 Å². The summed E-state index contributed by atoms with van der Waals surface area (Å²) in [5.74, 6) is 0.326. The van der Waals surface area contributed by atoms with Crippen LogP contribution in [0.2, 0.25) is 0 Å². The molecule has 1 heterocycles. The van der Waals surface area contributed by atoms with Crippen LogP contribution in [0.15, 0.2) is 24.3 Å². The van der Waals surface area contributed by atoms with E-state index >= 15 is 0 Å². The van der Waals surface area contributed by atoms with Crippen molar-refractivity contribution in [2.75, 3.05) is 6.54 Å². The van der Waals surface area contributed by atoms with Crippen molar-refractivity contribution in [3.8, 4) is 0 Å². The summed E-state index contributed by atoms with van der Waals surface area (Å²) in [6.07, 6.45) is 4.27. The molecule has 3 atom stereocenters. The smallest absolute Gasteiger partial charge is 0.331 e. The maximum absolute atomic E-state index is 12.8. The lowest BCUT2D eigenvalue weighted by Crippen LogP contribution is -2.44. The van der Waals surface area contributed by atoms with Gasteiger partial charge in [-0.2, -0.15) is 0 Å². The van der Waals surface area contributed by atoms with Gasteiger partial charge in [-0.15, -0.1) is 0 Å². The van der Waals surface area contributed by atoms with E-state index in [2.05, 4.69) is 0 Å². The highest BCUT2D eigenvalue weighted by Crippen LogP contribution is 2.58. The summed E-state index contributed by atoms with van der Waals surface area (Å²) in [4.78, 5) is 26.1. The van der Waals surface area contributed by atoms with Crippen molar-refractivity contribution < 1.29 is 14.7 Å². The van der Waals surface area contributed by atoms with Gasteiger partial charge in [-0.05, 0) is 42.2 Å². The van der Waals surface area contributed by atoms with Crippen LogP contribution in [0.4, 0.5) is 0 Å². The van der Waals surface area contributed by atoms with Gasteiger partial charge < -0.3 is 10.0 Å². The Hall–Kier alpha value is -1.84. The van der Waals surface area contributed by atoms with E-state index in [1.54, 1.807) is 4.90 Å². The van der Waals surface area contributed by atoms with Gasteiger partial charge in [0.05, 0.1) is 0 Å². The van der Waals surface area contributed by atoms with E-state index in [1.165, 1.54) is 6.42 Å². The van der Waals surface area contributed by atoms with Gasteiger partial charge in [-0.3, -0.25) is 4.79 Å². The average molecular weight is 285 g/mol. The van der Waals surface area contributed by atoms with Crippen LogP contribution in [0, 0.1) is 17.8 Å². The molecule has 4 nitrogen and oxygen atoms in total. The van der Waals surface area contributed by atoms with Gasteiger partial charge in [0.2, 0.25) is 5.91 Å². The highest BCUT2D eigenvalue weighted by atomic mass is 16.4. The topological polar surface area (TPSA) is 57.6 Å². The monoisotopic (exact) mass is 285 g/mol. The van der Waals surface area contributed by atoms with Crippen LogP contribution >= 0.6 is 0 Å². The minimum absolute atomic E-state index is 0.0756. The molecule has 1 amide bonds. The molecular formula is C17H19NO3. The number of rotatable bonds is 2. The van der Waals surface area contributed by atoms with Gasteiger partial charge in [0.25, 0.3) is 0 Å². The van der Waals surface area contributed by atoms with Crippen molar-refractivity contribution in [2.24, 2.45) is 17.8 Å². The fourth-order valence-corrected chi connectivity index (χ4v) is 4.45. The molecule has 0 radical (unpaired) electrons. The molecule has 21 heavy (non-hydrogen) atoms. The van der Waals surface area contributed by atoms with Crippen LogP contribution < -0.4 is 0 Å². The lowest BCUT2D eigenvalue weighted by molar-refractivity contribution is -0.152. The lowest BCUT2D eigenvalue weighted by atomic mass is 9.92. The van der Waals surface area contributed by atoms with Gasteiger partial charge in [0, 0.05) is 12.5 Å². The normalized spacial score (nSPS) is 33.2. The second kappa shape index (κ2) is 4.58. The molecule has 2 fully saturated rings. The quantitative estimate of drug-likeness (QED) is 0.906. The minimum atomic E-state index is -0.915. The van der Waals surface area contributed by atoms with Crippen molar-refractivity contribution in [1.29, 1.82) is 0 Å². The first-order chi connectivity index (χ1) is 10.2. The third-order valence-electron chi connectivity index (χ3n) is 5.49. The molecular weight excluding hydrogens is 266 g/mol. The Morgan fingerprint density at radius 2 is 1.86 bits per heavy atom. The lowest BCUT2D eigenvalue weighted by Gasteiger charge is -2.35. The molecule has 110 valence electrons. The molecule has 1 aliphatic heterocycles. The minimum Gasteiger partial charge on any atom is -0.479 e. The molecule has 0 bridgehead atoms. The van der Waals surface area contributed by atoms with Crippen molar-refractivity contribution >= 4 is 11.9 Å². The number of hydrogen-bond donors (Lipinski definition) is 1. The Labute approximate surface area is 123 Å². The summed E-state index contributed by atoms with van der Waals surface area (Å²) in [7, 11) is 0. The van der Waals surface area contributed by atoms with Gasteiger partial charge in [-0.25, -0.2) is 4.79 Å². The van der Waals surface area contributed by atoms with E-state index in [1.807, 2.05) is 24.3 Å². The van der Waals surface area contributed by atoms with Gasteiger partial charge in [0.1, 0.15) is 0 Å². The van der Waals surface area contributed by atoms with Crippen molar-refractivity contribution in [2.45, 2.75) is 31.7 Å². The molecule has 2 aliphatic carbocycles. The molecule has 0 saturated heterocycles. The van der Waals surface area contributed by atoms with Crippen LogP contribution in [-0.4, -0.2) is 28.4 Å². The molecule has 4 heteroatoms. The van der Waals surface area contributed by atoms with E-state index in [0.717, 1.165) is 30.4 Å². The molecule has 0 aromatic heterocycles. The molecule has 1 aromatic carbocycles. The van der Waals surface area contributed by atoms with Crippen LogP contribution in [0.25, 0.3) is 0 Å². The number of carboxylic acid groups (broad SMARTS) is 1. The maximum atomic E-state index is 12.8. The zero-order chi connectivity index (χ0) is 14.6. The fourth-order valence-electron chi connectivity index (χ4n) is 4.45. The van der Waals surface area contributed by atoms with Gasteiger partial charge in [0.15, 0.2) is 6.04 Å². The predicted octanol–water partition coefficient (Wildman–Crippen LogP) is 2.24. The van der Waals surface area contributed by atoms with Crippen molar-refractivity contribution in [1.82, 2.24) is 4.90 Å². The van der Waals surface area contributed by atoms with Crippen LogP contribution in [0.5, 0.6) is 0 Å². The number of fused-ring (bicyclic) bond motifs is 2. The first-order valence-electron chi connectivity index (χ1n) is 7.79. The van der Waals surface area contributed by atoms with Gasteiger partial charge in [-0.1, -0.05) is 30.7 Å². The standard InChI is InChI=1S/C17H19NO3/c19-16(14-12-6-3-7-13(12)14)18-9-8-10-4-1-2-5-11(10)15(18)17(20)21/h1-2,4-5,12-15H,3,6-9H2,(H,20,21). The summed E-state index contributed by atoms with van der Waals surface area (Å²) in [5.41, 5.74) is 1.85. The van der Waals surface area contributed by atoms with Crippen LogP contribution in [0.3, 0.4) is 0 Å². The summed E-state index contributed by atoms with van der Waals surface area (Å²) in [6.45, 7) is 0.531. The van der Waals surface area contributed by atoms with Crippen LogP contribution in [-0.2, 0) is 16.0 Å². The summed E-state index contributed by atoms with van der Waals surface area (Å²) in [6, 6.07) is 6.80. The number of carbonyl (C=O) groups is 2. The fraction of sp³-hybridized carbons (Fsp3) is 0.529. The second-order valence-corrected chi connectivity index (χ2v) is 6.51. The first kappa shape index (κ1) is 12.9. The van der Waals surface area contributed by atoms with E-state index in [4.69, 9.17) is 0 Å². The number of carbonyl (C=O) groups excluding carboxylic acids is 1. The van der Waals surface area contributed by atoms with Crippen molar-refractivity contribution in [3.05, 3.63) is 35.4 Å².